The standard InChI is InChI=1S/C17H24F2N2O2/c18-17(19)23-15-4-1-13(2-5-15)9-12-21-16(22)6-3-14-7-10-20-11-8-14/h1-2,4-5,14,17,20H,3,6-12H2,(H,21,22). The van der Waals surface area contributed by atoms with Gasteiger partial charge in [-0.3, -0.25) is 4.79 Å². The maximum atomic E-state index is 12.0. The maximum absolute atomic E-state index is 12.0. The fraction of sp³-hybridized carbons (Fsp3) is 0.588. The summed E-state index contributed by atoms with van der Waals surface area (Å²) >= 11 is 0. The summed E-state index contributed by atoms with van der Waals surface area (Å²) < 4.78 is 28.4. The van der Waals surface area contributed by atoms with Gasteiger partial charge in [-0.15, -0.1) is 0 Å². The molecule has 1 amide bonds. The number of carbonyl (C=O) groups is 1. The molecule has 1 heterocycles. The lowest BCUT2D eigenvalue weighted by Crippen LogP contribution is -2.30. The van der Waals surface area contributed by atoms with Crippen LogP contribution in [0.1, 0.15) is 31.2 Å². The molecule has 1 aliphatic heterocycles. The lowest BCUT2D eigenvalue weighted by molar-refractivity contribution is -0.121. The molecule has 2 N–H and O–H groups in total. The van der Waals surface area contributed by atoms with Crippen molar-refractivity contribution < 1.29 is 18.3 Å². The summed E-state index contributed by atoms with van der Waals surface area (Å²) in [4.78, 5) is 11.8. The number of hydrogen-bond acceptors (Lipinski definition) is 3. The number of hydrogen-bond donors (Lipinski definition) is 2. The van der Waals surface area contributed by atoms with Crippen molar-refractivity contribution in [2.45, 2.75) is 38.7 Å². The molecule has 23 heavy (non-hydrogen) atoms. The van der Waals surface area contributed by atoms with Crippen LogP contribution in [-0.4, -0.2) is 32.2 Å². The van der Waals surface area contributed by atoms with E-state index in [1.807, 2.05) is 0 Å². The Morgan fingerprint density at radius 3 is 2.61 bits per heavy atom. The zero-order chi connectivity index (χ0) is 16.5. The Kier molecular flexibility index (Phi) is 7.26. The summed E-state index contributed by atoms with van der Waals surface area (Å²) in [7, 11) is 0. The van der Waals surface area contributed by atoms with Crippen molar-refractivity contribution >= 4 is 5.91 Å². The average molecular weight is 326 g/mol. The molecule has 0 radical (unpaired) electrons. The Bertz CT molecular complexity index is 474. The molecular weight excluding hydrogens is 302 g/mol. The van der Waals surface area contributed by atoms with Crippen molar-refractivity contribution in [1.82, 2.24) is 10.6 Å². The minimum absolute atomic E-state index is 0.0844. The number of rotatable bonds is 8. The number of amides is 1. The number of carbonyl (C=O) groups excluding carboxylic acids is 1. The van der Waals surface area contributed by atoms with Gasteiger partial charge in [0.15, 0.2) is 0 Å². The van der Waals surface area contributed by atoms with E-state index in [9.17, 15) is 13.6 Å². The van der Waals surface area contributed by atoms with Crippen LogP contribution in [0.2, 0.25) is 0 Å². The Hall–Kier alpha value is -1.69. The first-order valence-electron chi connectivity index (χ1n) is 8.14. The lowest BCUT2D eigenvalue weighted by Gasteiger charge is -2.22. The second-order valence-corrected chi connectivity index (χ2v) is 5.85. The number of nitrogens with one attached hydrogen (secondary N) is 2. The monoisotopic (exact) mass is 326 g/mol. The topological polar surface area (TPSA) is 50.4 Å². The molecule has 1 fully saturated rings. The SMILES string of the molecule is O=C(CCC1CCNCC1)NCCc1ccc(OC(F)F)cc1. The van der Waals surface area contributed by atoms with Crippen molar-refractivity contribution in [3.63, 3.8) is 0 Å². The normalized spacial score (nSPS) is 15.6. The Morgan fingerprint density at radius 1 is 1.26 bits per heavy atom. The summed E-state index contributed by atoms with van der Waals surface area (Å²) in [5.41, 5.74) is 0.977. The van der Waals surface area contributed by atoms with Gasteiger partial charge in [0, 0.05) is 13.0 Å². The van der Waals surface area contributed by atoms with E-state index < -0.39 is 6.61 Å². The highest BCUT2D eigenvalue weighted by molar-refractivity contribution is 5.75. The summed E-state index contributed by atoms with van der Waals surface area (Å²) in [5.74, 6) is 0.889. The quantitative estimate of drug-likeness (QED) is 0.772. The smallest absolute Gasteiger partial charge is 0.387 e. The fourth-order valence-electron chi connectivity index (χ4n) is 2.78. The highest BCUT2D eigenvalue weighted by Crippen LogP contribution is 2.17. The van der Waals surface area contributed by atoms with Crippen LogP contribution in [0.5, 0.6) is 5.75 Å². The van der Waals surface area contributed by atoms with E-state index >= 15 is 0 Å². The van der Waals surface area contributed by atoms with Crippen molar-refractivity contribution in [2.24, 2.45) is 5.92 Å². The number of ether oxygens (including phenoxy) is 1. The summed E-state index contributed by atoms with van der Waals surface area (Å²) in [6, 6.07) is 6.50. The first-order valence-corrected chi connectivity index (χ1v) is 8.14. The molecule has 128 valence electrons. The van der Waals surface area contributed by atoms with Gasteiger partial charge in [0.1, 0.15) is 5.75 Å². The minimum atomic E-state index is -2.81. The van der Waals surface area contributed by atoms with E-state index in [0.29, 0.717) is 25.3 Å². The molecule has 0 atom stereocenters. The van der Waals surface area contributed by atoms with E-state index in [4.69, 9.17) is 0 Å². The summed E-state index contributed by atoms with van der Waals surface area (Å²) in [5, 5.41) is 6.23. The van der Waals surface area contributed by atoms with Crippen LogP contribution in [0.15, 0.2) is 24.3 Å². The van der Waals surface area contributed by atoms with E-state index in [1.54, 1.807) is 12.1 Å². The zero-order valence-corrected chi connectivity index (χ0v) is 13.2. The van der Waals surface area contributed by atoms with Crippen molar-refractivity contribution in [3.8, 4) is 5.75 Å². The molecule has 0 spiro atoms. The van der Waals surface area contributed by atoms with Crippen LogP contribution in [0.3, 0.4) is 0 Å². The van der Waals surface area contributed by atoms with Gasteiger partial charge in [-0.05, 0) is 62.4 Å². The van der Waals surface area contributed by atoms with Gasteiger partial charge in [-0.2, -0.15) is 8.78 Å². The van der Waals surface area contributed by atoms with E-state index in [2.05, 4.69) is 15.4 Å². The first-order chi connectivity index (χ1) is 11.1. The Balaban J connectivity index is 1.61. The van der Waals surface area contributed by atoms with Gasteiger partial charge >= 0.3 is 6.61 Å². The third kappa shape index (κ3) is 6.95. The van der Waals surface area contributed by atoms with Gasteiger partial charge < -0.3 is 15.4 Å². The van der Waals surface area contributed by atoms with Crippen molar-refractivity contribution in [3.05, 3.63) is 29.8 Å². The second-order valence-electron chi connectivity index (χ2n) is 5.85. The predicted octanol–water partition coefficient (Wildman–Crippen LogP) is 2.73. The molecule has 1 aliphatic rings. The van der Waals surface area contributed by atoms with Crippen LogP contribution in [0.4, 0.5) is 8.78 Å². The van der Waals surface area contributed by atoms with Gasteiger partial charge in [-0.1, -0.05) is 12.1 Å². The van der Waals surface area contributed by atoms with Crippen LogP contribution >= 0.6 is 0 Å². The molecule has 1 aromatic rings. The van der Waals surface area contributed by atoms with E-state index in [-0.39, 0.29) is 11.7 Å². The van der Waals surface area contributed by atoms with Crippen molar-refractivity contribution in [1.29, 1.82) is 0 Å². The zero-order valence-electron chi connectivity index (χ0n) is 13.2. The van der Waals surface area contributed by atoms with E-state index in [1.165, 1.54) is 12.1 Å². The minimum Gasteiger partial charge on any atom is -0.435 e. The molecule has 6 heteroatoms. The molecule has 1 saturated heterocycles. The maximum Gasteiger partial charge on any atom is 0.387 e. The molecular formula is C17H24F2N2O2. The van der Waals surface area contributed by atoms with Crippen LogP contribution in [0.25, 0.3) is 0 Å². The van der Waals surface area contributed by atoms with Gasteiger partial charge in [0.25, 0.3) is 0 Å². The summed E-state index contributed by atoms with van der Waals surface area (Å²) in [6.07, 6.45) is 4.51. The van der Waals surface area contributed by atoms with Gasteiger partial charge in [-0.25, -0.2) is 0 Å². The molecule has 0 bridgehead atoms. The van der Waals surface area contributed by atoms with Gasteiger partial charge in [0.2, 0.25) is 5.91 Å². The second kappa shape index (κ2) is 9.45. The fourth-order valence-corrected chi connectivity index (χ4v) is 2.78. The van der Waals surface area contributed by atoms with Crippen molar-refractivity contribution in [2.75, 3.05) is 19.6 Å². The molecule has 0 unspecified atom stereocenters. The lowest BCUT2D eigenvalue weighted by atomic mass is 9.93. The predicted molar refractivity (Wildman–Crippen MR) is 84.6 cm³/mol. The third-order valence-corrected chi connectivity index (χ3v) is 4.12. The molecule has 0 saturated carbocycles. The Labute approximate surface area is 135 Å². The molecule has 1 aromatic carbocycles. The highest BCUT2D eigenvalue weighted by Gasteiger charge is 2.14. The molecule has 0 aromatic heterocycles. The van der Waals surface area contributed by atoms with Crippen LogP contribution < -0.4 is 15.4 Å². The molecule has 2 rings (SSSR count). The number of benzene rings is 1. The van der Waals surface area contributed by atoms with E-state index in [0.717, 1.165) is 37.9 Å². The largest absolute Gasteiger partial charge is 0.435 e. The summed E-state index contributed by atoms with van der Waals surface area (Å²) in [6.45, 7) is -0.144. The number of piperidine rings is 1. The Morgan fingerprint density at radius 2 is 1.96 bits per heavy atom. The first kappa shape index (κ1) is 17.7. The molecule has 4 nitrogen and oxygen atoms in total. The average Bonchev–Trinajstić information content (AvgIpc) is 2.55. The number of halogens is 2. The van der Waals surface area contributed by atoms with Crippen LogP contribution in [0, 0.1) is 5.92 Å². The van der Waals surface area contributed by atoms with Gasteiger partial charge in [0.05, 0.1) is 0 Å². The number of alkyl halides is 2. The highest BCUT2D eigenvalue weighted by atomic mass is 19.3. The molecule has 0 aliphatic carbocycles. The van der Waals surface area contributed by atoms with Crippen LogP contribution in [-0.2, 0) is 11.2 Å². The third-order valence-electron chi connectivity index (χ3n) is 4.12.